The molecule has 1 heterocycles. The molecule has 0 fully saturated rings. The van der Waals surface area contributed by atoms with Crippen LogP contribution in [0.2, 0.25) is 0 Å². The van der Waals surface area contributed by atoms with Crippen molar-refractivity contribution < 1.29 is 17.9 Å². The van der Waals surface area contributed by atoms with Gasteiger partial charge < -0.3 is 4.74 Å². The topological polar surface area (TPSA) is 72.5 Å². The highest BCUT2D eigenvalue weighted by Crippen LogP contribution is 2.21. The zero-order valence-electron chi connectivity index (χ0n) is 13.4. The fourth-order valence-corrected chi connectivity index (χ4v) is 4.15. The smallest absolute Gasteiger partial charge is 0.264 e. The molecule has 2 aromatic rings. The number of fused-ring (bicyclic) bond motifs is 1. The number of amides is 1. The number of carbonyl (C=O) groups excluding carboxylic acids is 1. The van der Waals surface area contributed by atoms with E-state index in [2.05, 4.69) is 4.72 Å². The van der Waals surface area contributed by atoms with E-state index >= 15 is 0 Å². The number of rotatable bonds is 4. The number of nitrogens with one attached hydrogen (secondary N) is 1. The van der Waals surface area contributed by atoms with Gasteiger partial charge in [0.15, 0.2) is 0 Å². The first-order valence-electron chi connectivity index (χ1n) is 7.84. The third kappa shape index (κ3) is 3.34. The van der Waals surface area contributed by atoms with Crippen molar-refractivity contribution in [3.8, 4) is 0 Å². The minimum absolute atomic E-state index is 0.136. The number of hydrogen-bond acceptors (Lipinski definition) is 4. The van der Waals surface area contributed by atoms with E-state index in [1.807, 2.05) is 31.2 Å². The van der Waals surface area contributed by atoms with Crippen LogP contribution in [-0.4, -0.2) is 20.4 Å². The summed E-state index contributed by atoms with van der Waals surface area (Å²) in [5, 5.41) is 0. The van der Waals surface area contributed by atoms with E-state index in [1.165, 1.54) is 6.07 Å². The third-order valence-electron chi connectivity index (χ3n) is 4.13. The van der Waals surface area contributed by atoms with Crippen LogP contribution in [0, 0.1) is 0 Å². The lowest BCUT2D eigenvalue weighted by Gasteiger charge is -2.24. The monoisotopic (exact) mass is 345 g/mol. The summed E-state index contributed by atoms with van der Waals surface area (Å²) in [5.74, 6) is -0.629. The van der Waals surface area contributed by atoms with Crippen molar-refractivity contribution in [2.75, 3.05) is 0 Å². The summed E-state index contributed by atoms with van der Waals surface area (Å²) >= 11 is 0. The average Bonchev–Trinajstić information content (AvgIpc) is 2.60. The summed E-state index contributed by atoms with van der Waals surface area (Å²) in [6, 6.07) is 14.4. The SMILES string of the molecule is CCc1ccccc1S(=O)(=O)NC(=O)C1Cc2ccccc2CO1. The molecule has 0 aromatic heterocycles. The van der Waals surface area contributed by atoms with E-state index in [1.54, 1.807) is 18.2 Å². The van der Waals surface area contributed by atoms with Crippen LogP contribution in [0.5, 0.6) is 0 Å². The van der Waals surface area contributed by atoms with Gasteiger partial charge in [0.05, 0.1) is 11.5 Å². The standard InChI is InChI=1S/C18H19NO4S/c1-2-13-7-5-6-10-17(13)24(21,22)19-18(20)16-11-14-8-3-4-9-15(14)12-23-16/h3-10,16H,2,11-12H2,1H3,(H,19,20). The highest BCUT2D eigenvalue weighted by atomic mass is 32.2. The largest absolute Gasteiger partial charge is 0.363 e. The van der Waals surface area contributed by atoms with Crippen molar-refractivity contribution >= 4 is 15.9 Å². The molecule has 1 atom stereocenters. The number of sulfonamides is 1. The Hall–Kier alpha value is -2.18. The fraction of sp³-hybridized carbons (Fsp3) is 0.278. The van der Waals surface area contributed by atoms with Crippen LogP contribution in [0.3, 0.4) is 0 Å². The first kappa shape index (κ1) is 16.7. The number of hydrogen-bond donors (Lipinski definition) is 1. The van der Waals surface area contributed by atoms with Gasteiger partial charge in [-0.2, -0.15) is 0 Å². The summed E-state index contributed by atoms with van der Waals surface area (Å²) in [6.45, 7) is 2.18. The number of benzene rings is 2. The van der Waals surface area contributed by atoms with E-state index < -0.39 is 22.0 Å². The number of ether oxygens (including phenoxy) is 1. The molecule has 0 radical (unpaired) electrons. The van der Waals surface area contributed by atoms with Crippen LogP contribution in [-0.2, 0) is 39.0 Å². The van der Waals surface area contributed by atoms with Crippen LogP contribution < -0.4 is 4.72 Å². The van der Waals surface area contributed by atoms with Gasteiger partial charge in [-0.25, -0.2) is 13.1 Å². The van der Waals surface area contributed by atoms with Crippen molar-refractivity contribution in [1.82, 2.24) is 4.72 Å². The second-order valence-corrected chi connectivity index (χ2v) is 7.35. The average molecular weight is 345 g/mol. The lowest BCUT2D eigenvalue weighted by atomic mass is 9.99. The molecule has 3 rings (SSSR count). The quantitative estimate of drug-likeness (QED) is 0.922. The second kappa shape index (κ2) is 6.75. The van der Waals surface area contributed by atoms with E-state index in [4.69, 9.17) is 4.74 Å². The molecule has 6 heteroatoms. The van der Waals surface area contributed by atoms with Gasteiger partial charge in [0.1, 0.15) is 6.10 Å². The van der Waals surface area contributed by atoms with Crippen molar-refractivity contribution in [3.63, 3.8) is 0 Å². The van der Waals surface area contributed by atoms with Crippen molar-refractivity contribution in [2.45, 2.75) is 37.4 Å². The van der Waals surface area contributed by atoms with Gasteiger partial charge in [-0.15, -0.1) is 0 Å². The summed E-state index contributed by atoms with van der Waals surface area (Å²) in [6.07, 6.45) is 0.134. The Bertz CT molecular complexity index is 861. The molecule has 1 N–H and O–H groups in total. The first-order chi connectivity index (χ1) is 11.5. The third-order valence-corrected chi connectivity index (χ3v) is 5.58. The van der Waals surface area contributed by atoms with Crippen LogP contribution in [0.15, 0.2) is 53.4 Å². The normalized spacial score (nSPS) is 17.1. The van der Waals surface area contributed by atoms with Gasteiger partial charge >= 0.3 is 0 Å². The van der Waals surface area contributed by atoms with E-state index in [-0.39, 0.29) is 4.90 Å². The number of carbonyl (C=O) groups is 1. The van der Waals surface area contributed by atoms with Gasteiger partial charge in [-0.05, 0) is 29.2 Å². The van der Waals surface area contributed by atoms with Crippen LogP contribution in [0.4, 0.5) is 0 Å². The minimum atomic E-state index is -3.91. The molecule has 5 nitrogen and oxygen atoms in total. The lowest BCUT2D eigenvalue weighted by Crippen LogP contribution is -2.42. The Kier molecular flexibility index (Phi) is 4.69. The molecule has 2 aromatic carbocycles. The Morgan fingerprint density at radius 1 is 1.12 bits per heavy atom. The predicted molar refractivity (Wildman–Crippen MR) is 89.9 cm³/mol. The maximum absolute atomic E-state index is 12.5. The molecular weight excluding hydrogens is 326 g/mol. The molecule has 0 bridgehead atoms. The molecule has 1 amide bonds. The molecule has 0 saturated carbocycles. The fourth-order valence-electron chi connectivity index (χ4n) is 2.83. The van der Waals surface area contributed by atoms with E-state index in [0.29, 0.717) is 25.0 Å². The zero-order chi connectivity index (χ0) is 17.2. The van der Waals surface area contributed by atoms with Gasteiger partial charge in [0.25, 0.3) is 15.9 Å². The Morgan fingerprint density at radius 3 is 2.54 bits per heavy atom. The Morgan fingerprint density at radius 2 is 1.79 bits per heavy atom. The predicted octanol–water partition coefficient (Wildman–Crippen LogP) is 2.20. The Balaban J connectivity index is 1.77. The summed E-state index contributed by atoms with van der Waals surface area (Å²) in [7, 11) is -3.91. The first-order valence-corrected chi connectivity index (χ1v) is 9.32. The highest BCUT2D eigenvalue weighted by Gasteiger charge is 2.29. The molecule has 0 spiro atoms. The summed E-state index contributed by atoms with van der Waals surface area (Å²) in [5.41, 5.74) is 2.71. The summed E-state index contributed by atoms with van der Waals surface area (Å²) < 4.78 is 32.7. The maximum Gasteiger partial charge on any atom is 0.264 e. The van der Waals surface area contributed by atoms with Crippen molar-refractivity contribution in [2.24, 2.45) is 0 Å². The number of aryl methyl sites for hydroxylation is 1. The molecule has 1 aliphatic rings. The Labute approximate surface area is 141 Å². The molecule has 24 heavy (non-hydrogen) atoms. The van der Waals surface area contributed by atoms with Gasteiger partial charge in [0.2, 0.25) is 0 Å². The van der Waals surface area contributed by atoms with Crippen LogP contribution in [0.25, 0.3) is 0 Å². The minimum Gasteiger partial charge on any atom is -0.363 e. The molecule has 1 unspecified atom stereocenters. The summed E-state index contributed by atoms with van der Waals surface area (Å²) in [4.78, 5) is 12.5. The van der Waals surface area contributed by atoms with E-state index in [9.17, 15) is 13.2 Å². The maximum atomic E-state index is 12.5. The van der Waals surface area contributed by atoms with Crippen molar-refractivity contribution in [1.29, 1.82) is 0 Å². The van der Waals surface area contributed by atoms with E-state index in [0.717, 1.165) is 11.1 Å². The zero-order valence-corrected chi connectivity index (χ0v) is 14.2. The molecule has 1 aliphatic heterocycles. The van der Waals surface area contributed by atoms with Crippen LogP contribution >= 0.6 is 0 Å². The highest BCUT2D eigenvalue weighted by molar-refractivity contribution is 7.90. The molecule has 126 valence electrons. The second-order valence-electron chi connectivity index (χ2n) is 5.70. The van der Waals surface area contributed by atoms with Crippen molar-refractivity contribution in [3.05, 3.63) is 65.2 Å². The molecule has 0 aliphatic carbocycles. The van der Waals surface area contributed by atoms with Gasteiger partial charge in [-0.3, -0.25) is 4.79 Å². The van der Waals surface area contributed by atoms with Gasteiger partial charge in [-0.1, -0.05) is 49.4 Å². The van der Waals surface area contributed by atoms with Gasteiger partial charge in [0, 0.05) is 6.42 Å². The van der Waals surface area contributed by atoms with Crippen LogP contribution in [0.1, 0.15) is 23.6 Å². The molecular formula is C18H19NO4S. The molecule has 0 saturated heterocycles. The lowest BCUT2D eigenvalue weighted by molar-refractivity contribution is -0.132.